The highest BCUT2D eigenvalue weighted by atomic mass is 16.1. The molecule has 2 aromatic rings. The Balaban J connectivity index is 2.87. The highest BCUT2D eigenvalue weighted by Gasteiger charge is 2.14. The Hall–Kier alpha value is -2.28. The summed E-state index contributed by atoms with van der Waals surface area (Å²) in [5.74, 6) is -0.613. The first-order valence-corrected chi connectivity index (χ1v) is 4.04. The largest absolute Gasteiger partial charge is 0.364 e. The number of nitrogens with one attached hydrogen (secondary N) is 1. The third-order valence-corrected chi connectivity index (χ3v) is 2.06. The summed E-state index contributed by atoms with van der Waals surface area (Å²) in [5.41, 5.74) is 6.37. The first-order chi connectivity index (χ1) is 6.74. The van der Waals surface area contributed by atoms with E-state index in [1.165, 1.54) is 0 Å². The molecule has 1 amide bonds. The number of fused-ring (bicyclic) bond motifs is 1. The van der Waals surface area contributed by atoms with Crippen LogP contribution in [0.4, 0.5) is 0 Å². The number of benzene rings is 1. The second kappa shape index (κ2) is 2.89. The molecule has 4 heteroatoms. The van der Waals surface area contributed by atoms with Gasteiger partial charge in [0.1, 0.15) is 11.8 Å². The Morgan fingerprint density at radius 3 is 2.79 bits per heavy atom. The predicted octanol–water partition coefficient (Wildman–Crippen LogP) is 1.14. The molecule has 0 atom stereocenters. The van der Waals surface area contributed by atoms with Crippen LogP contribution in [-0.2, 0) is 0 Å². The lowest BCUT2D eigenvalue weighted by atomic mass is 10.1. The number of amides is 1. The van der Waals surface area contributed by atoms with E-state index in [2.05, 4.69) is 4.98 Å². The number of hydrogen-bond acceptors (Lipinski definition) is 2. The Morgan fingerprint density at radius 2 is 2.14 bits per heavy atom. The summed E-state index contributed by atoms with van der Waals surface area (Å²) in [6.07, 6.45) is 0. The minimum absolute atomic E-state index is 0.175. The van der Waals surface area contributed by atoms with E-state index in [1.807, 2.05) is 18.2 Å². The fourth-order valence-electron chi connectivity index (χ4n) is 1.44. The summed E-state index contributed by atoms with van der Waals surface area (Å²) in [6.45, 7) is 0. The number of aromatic nitrogens is 1. The van der Waals surface area contributed by atoms with Crippen LogP contribution < -0.4 is 5.73 Å². The van der Waals surface area contributed by atoms with E-state index in [9.17, 15) is 4.79 Å². The zero-order valence-corrected chi connectivity index (χ0v) is 7.24. The van der Waals surface area contributed by atoms with Gasteiger partial charge in [-0.05, 0) is 6.07 Å². The van der Waals surface area contributed by atoms with Crippen molar-refractivity contribution >= 4 is 16.8 Å². The van der Waals surface area contributed by atoms with Crippen LogP contribution in [0.2, 0.25) is 0 Å². The van der Waals surface area contributed by atoms with Crippen LogP contribution in [0.15, 0.2) is 24.3 Å². The smallest absolute Gasteiger partial charge is 0.266 e. The molecule has 0 aliphatic rings. The van der Waals surface area contributed by atoms with Crippen LogP contribution in [0.3, 0.4) is 0 Å². The maximum Gasteiger partial charge on any atom is 0.266 e. The van der Waals surface area contributed by atoms with Gasteiger partial charge in [0.15, 0.2) is 0 Å². The summed E-state index contributed by atoms with van der Waals surface area (Å²) in [4.78, 5) is 13.8. The van der Waals surface area contributed by atoms with Gasteiger partial charge in [0.25, 0.3) is 5.91 Å². The van der Waals surface area contributed by atoms with Gasteiger partial charge in [-0.15, -0.1) is 0 Å². The van der Waals surface area contributed by atoms with E-state index in [0.717, 1.165) is 10.9 Å². The van der Waals surface area contributed by atoms with Gasteiger partial charge in [-0.1, -0.05) is 18.2 Å². The molecule has 3 N–H and O–H groups in total. The number of aromatic amines is 1. The van der Waals surface area contributed by atoms with Crippen molar-refractivity contribution in [1.29, 1.82) is 5.26 Å². The number of nitriles is 1. The molecule has 0 bridgehead atoms. The predicted molar refractivity (Wildman–Crippen MR) is 51.5 cm³/mol. The quantitative estimate of drug-likeness (QED) is 0.698. The van der Waals surface area contributed by atoms with Crippen molar-refractivity contribution < 1.29 is 4.79 Å². The average molecular weight is 185 g/mol. The van der Waals surface area contributed by atoms with Crippen LogP contribution in [-0.4, -0.2) is 10.9 Å². The van der Waals surface area contributed by atoms with Crippen molar-refractivity contribution in [3.63, 3.8) is 0 Å². The zero-order valence-electron chi connectivity index (χ0n) is 7.24. The number of rotatable bonds is 1. The van der Waals surface area contributed by atoms with Gasteiger partial charge < -0.3 is 10.7 Å². The van der Waals surface area contributed by atoms with Gasteiger partial charge in [-0.25, -0.2) is 0 Å². The third kappa shape index (κ3) is 1.04. The lowest BCUT2D eigenvalue weighted by molar-refractivity contribution is 0.0996. The molecule has 4 nitrogen and oxygen atoms in total. The first-order valence-electron chi connectivity index (χ1n) is 4.04. The number of nitrogens with two attached hydrogens (primary N) is 1. The van der Waals surface area contributed by atoms with Crippen LogP contribution in [0.1, 0.15) is 16.1 Å². The minimum Gasteiger partial charge on any atom is -0.364 e. The second-order valence-corrected chi connectivity index (χ2v) is 2.90. The fraction of sp³-hybridized carbons (Fsp3) is 0. The van der Waals surface area contributed by atoms with Crippen LogP contribution in [0.25, 0.3) is 10.9 Å². The molecule has 0 unspecified atom stereocenters. The molecule has 14 heavy (non-hydrogen) atoms. The molecular formula is C10H7N3O. The van der Waals surface area contributed by atoms with Gasteiger partial charge in [-0.3, -0.25) is 4.79 Å². The highest BCUT2D eigenvalue weighted by Crippen LogP contribution is 2.20. The molecule has 0 aliphatic carbocycles. The van der Waals surface area contributed by atoms with E-state index >= 15 is 0 Å². The molecule has 0 spiro atoms. The Labute approximate surface area is 79.9 Å². The van der Waals surface area contributed by atoms with E-state index in [1.54, 1.807) is 12.1 Å². The molecule has 0 fully saturated rings. The molecule has 0 saturated heterocycles. The van der Waals surface area contributed by atoms with E-state index in [-0.39, 0.29) is 5.69 Å². The fourth-order valence-corrected chi connectivity index (χ4v) is 1.44. The van der Waals surface area contributed by atoms with E-state index in [0.29, 0.717) is 5.56 Å². The van der Waals surface area contributed by atoms with E-state index < -0.39 is 5.91 Å². The summed E-state index contributed by atoms with van der Waals surface area (Å²) >= 11 is 0. The number of para-hydroxylation sites is 1. The van der Waals surface area contributed by atoms with Gasteiger partial charge in [0.2, 0.25) is 0 Å². The van der Waals surface area contributed by atoms with Crippen molar-refractivity contribution in [1.82, 2.24) is 4.98 Å². The summed E-state index contributed by atoms with van der Waals surface area (Å²) < 4.78 is 0. The summed E-state index contributed by atoms with van der Waals surface area (Å²) in [7, 11) is 0. The molecule has 0 aliphatic heterocycles. The molecular weight excluding hydrogens is 178 g/mol. The first kappa shape index (κ1) is 8.32. The zero-order chi connectivity index (χ0) is 10.1. The van der Waals surface area contributed by atoms with Gasteiger partial charge in [0.05, 0.1) is 5.56 Å². The average Bonchev–Trinajstić information content (AvgIpc) is 2.56. The molecule has 1 heterocycles. The lowest BCUT2D eigenvalue weighted by Gasteiger charge is -1.88. The van der Waals surface area contributed by atoms with Crippen LogP contribution in [0.5, 0.6) is 0 Å². The number of carbonyl (C=O) groups excluding carboxylic acids is 1. The van der Waals surface area contributed by atoms with Crippen molar-refractivity contribution in [2.75, 3.05) is 0 Å². The SMILES string of the molecule is N#Cc1c(C(N)=O)[nH]c2ccccc12. The van der Waals surface area contributed by atoms with Crippen molar-refractivity contribution in [3.8, 4) is 6.07 Å². The number of hydrogen-bond donors (Lipinski definition) is 2. The third-order valence-electron chi connectivity index (χ3n) is 2.06. The maximum absolute atomic E-state index is 11.0. The topological polar surface area (TPSA) is 82.7 Å². The molecule has 0 radical (unpaired) electrons. The standard InChI is InChI=1S/C10H7N3O/c11-5-7-6-3-1-2-4-8(6)13-9(7)10(12)14/h1-4,13H,(H2,12,14). The molecule has 1 aromatic heterocycles. The Morgan fingerprint density at radius 1 is 1.43 bits per heavy atom. The minimum atomic E-state index is -0.613. The Kier molecular flexibility index (Phi) is 1.72. The van der Waals surface area contributed by atoms with E-state index in [4.69, 9.17) is 11.0 Å². The second-order valence-electron chi connectivity index (χ2n) is 2.90. The van der Waals surface area contributed by atoms with Gasteiger partial charge in [-0.2, -0.15) is 5.26 Å². The molecule has 2 rings (SSSR count). The summed E-state index contributed by atoms with van der Waals surface area (Å²) in [6, 6.07) is 9.17. The number of H-pyrrole nitrogens is 1. The number of carbonyl (C=O) groups is 1. The molecule has 68 valence electrons. The van der Waals surface area contributed by atoms with Crippen molar-refractivity contribution in [3.05, 3.63) is 35.5 Å². The van der Waals surface area contributed by atoms with Gasteiger partial charge in [0, 0.05) is 10.9 Å². The number of nitrogens with zero attached hydrogens (tertiary/aromatic N) is 1. The number of primary amides is 1. The lowest BCUT2D eigenvalue weighted by Crippen LogP contribution is -2.12. The van der Waals surface area contributed by atoms with Gasteiger partial charge >= 0.3 is 0 Å². The highest BCUT2D eigenvalue weighted by molar-refractivity contribution is 6.01. The van der Waals surface area contributed by atoms with Crippen LogP contribution in [0, 0.1) is 11.3 Å². The summed E-state index contributed by atoms with van der Waals surface area (Å²) in [5, 5.41) is 9.60. The monoisotopic (exact) mass is 185 g/mol. The maximum atomic E-state index is 11.0. The normalized spacial score (nSPS) is 9.93. The molecule has 1 aromatic carbocycles. The van der Waals surface area contributed by atoms with Crippen LogP contribution >= 0.6 is 0 Å². The molecule has 0 saturated carbocycles. The van der Waals surface area contributed by atoms with Crippen molar-refractivity contribution in [2.45, 2.75) is 0 Å². The Bertz CT molecular complexity index is 548. The van der Waals surface area contributed by atoms with Crippen molar-refractivity contribution in [2.24, 2.45) is 5.73 Å².